The fraction of sp³-hybridized carbons (Fsp3) is 0.900. The van der Waals surface area contributed by atoms with Crippen molar-refractivity contribution < 1.29 is 0 Å². The fourth-order valence-corrected chi connectivity index (χ4v) is 1.90. The smallest absolute Gasteiger partial charge is 0.0622 e. The Balaban J connectivity index is 2.33. The third-order valence-corrected chi connectivity index (χ3v) is 2.57. The second kappa shape index (κ2) is 5.95. The van der Waals surface area contributed by atoms with Crippen molar-refractivity contribution in [3.05, 3.63) is 0 Å². The lowest BCUT2D eigenvalue weighted by molar-refractivity contribution is 0.154. The number of rotatable bonds is 4. The third kappa shape index (κ3) is 3.33. The predicted octanol–water partition coefficient (Wildman–Crippen LogP) is 0.974. The Labute approximate surface area is 80.7 Å². The van der Waals surface area contributed by atoms with Crippen LogP contribution in [0.2, 0.25) is 0 Å². The summed E-state index contributed by atoms with van der Waals surface area (Å²) in [7, 11) is 0. The number of hydrogen-bond donors (Lipinski definition) is 1. The highest BCUT2D eigenvalue weighted by Gasteiger charge is 2.20. The van der Waals surface area contributed by atoms with Crippen molar-refractivity contribution in [1.82, 2.24) is 10.2 Å². The monoisotopic (exact) mass is 181 g/mol. The molecule has 0 spiro atoms. The first kappa shape index (κ1) is 10.5. The number of piperazine rings is 1. The third-order valence-electron chi connectivity index (χ3n) is 2.57. The minimum atomic E-state index is 0.591. The van der Waals surface area contributed by atoms with Gasteiger partial charge in [0.15, 0.2) is 0 Å². The summed E-state index contributed by atoms with van der Waals surface area (Å²) in [6.07, 6.45) is 2.92. The van der Waals surface area contributed by atoms with Gasteiger partial charge in [-0.15, -0.1) is 0 Å². The molecule has 1 fully saturated rings. The first-order chi connectivity index (χ1) is 6.38. The van der Waals surface area contributed by atoms with E-state index >= 15 is 0 Å². The molecule has 3 nitrogen and oxygen atoms in total. The van der Waals surface area contributed by atoms with Gasteiger partial charge in [0.1, 0.15) is 0 Å². The average molecular weight is 181 g/mol. The summed E-state index contributed by atoms with van der Waals surface area (Å²) >= 11 is 0. The largest absolute Gasteiger partial charge is 0.314 e. The molecule has 0 aliphatic carbocycles. The molecule has 1 heterocycles. The van der Waals surface area contributed by atoms with E-state index in [9.17, 15) is 0 Å². The maximum atomic E-state index is 8.52. The van der Waals surface area contributed by atoms with Crippen molar-refractivity contribution in [2.45, 2.75) is 32.2 Å². The molecule has 0 aromatic heterocycles. The van der Waals surface area contributed by atoms with Gasteiger partial charge in [-0.1, -0.05) is 6.92 Å². The molecular formula is C10H19N3. The van der Waals surface area contributed by atoms with E-state index in [1.807, 2.05) is 0 Å². The maximum absolute atomic E-state index is 8.52. The van der Waals surface area contributed by atoms with Crippen molar-refractivity contribution in [1.29, 1.82) is 5.26 Å². The normalized spacial score (nSPS) is 24.2. The molecule has 1 rings (SSSR count). The van der Waals surface area contributed by atoms with E-state index in [-0.39, 0.29) is 0 Å². The minimum absolute atomic E-state index is 0.591. The number of hydrogen-bond acceptors (Lipinski definition) is 3. The molecule has 0 aromatic rings. The Bertz CT molecular complexity index is 171. The molecule has 1 saturated heterocycles. The summed E-state index contributed by atoms with van der Waals surface area (Å²) in [5.41, 5.74) is 0. The van der Waals surface area contributed by atoms with Crippen LogP contribution in [-0.4, -0.2) is 37.1 Å². The van der Waals surface area contributed by atoms with Crippen molar-refractivity contribution in [2.24, 2.45) is 0 Å². The van der Waals surface area contributed by atoms with E-state index in [4.69, 9.17) is 5.26 Å². The van der Waals surface area contributed by atoms with E-state index in [1.165, 1.54) is 13.0 Å². The van der Waals surface area contributed by atoms with Crippen LogP contribution in [0.4, 0.5) is 0 Å². The summed E-state index contributed by atoms with van der Waals surface area (Å²) < 4.78 is 0. The van der Waals surface area contributed by atoms with Gasteiger partial charge in [0.2, 0.25) is 0 Å². The summed E-state index contributed by atoms with van der Waals surface area (Å²) in [6.45, 7) is 6.69. The van der Waals surface area contributed by atoms with E-state index in [2.05, 4.69) is 23.2 Å². The molecule has 1 N–H and O–H groups in total. The van der Waals surface area contributed by atoms with Crippen LogP contribution in [0.25, 0.3) is 0 Å². The average Bonchev–Trinajstić information content (AvgIpc) is 2.17. The van der Waals surface area contributed by atoms with Gasteiger partial charge in [0.25, 0.3) is 0 Å². The first-order valence-electron chi connectivity index (χ1n) is 5.20. The molecule has 3 heteroatoms. The first-order valence-corrected chi connectivity index (χ1v) is 5.20. The standard InChI is InChI=1S/C10H19N3/c1-2-7-13-8-6-12-9-10(13)4-3-5-11/h10,12H,2-4,6-9H2,1H3. The van der Waals surface area contributed by atoms with Crippen molar-refractivity contribution in [3.63, 3.8) is 0 Å². The van der Waals surface area contributed by atoms with Gasteiger partial charge in [-0.05, 0) is 19.4 Å². The molecule has 0 aromatic carbocycles. The molecule has 1 atom stereocenters. The van der Waals surface area contributed by atoms with E-state index in [0.29, 0.717) is 12.5 Å². The number of nitriles is 1. The van der Waals surface area contributed by atoms with Crippen LogP contribution in [-0.2, 0) is 0 Å². The quantitative estimate of drug-likeness (QED) is 0.702. The maximum Gasteiger partial charge on any atom is 0.0622 e. The van der Waals surface area contributed by atoms with Crippen LogP contribution in [0.1, 0.15) is 26.2 Å². The van der Waals surface area contributed by atoms with E-state index in [1.54, 1.807) is 0 Å². The molecule has 1 aliphatic heterocycles. The Kier molecular flexibility index (Phi) is 4.81. The van der Waals surface area contributed by atoms with Crippen LogP contribution in [0.5, 0.6) is 0 Å². The summed E-state index contributed by atoms with van der Waals surface area (Å²) in [5.74, 6) is 0. The fourth-order valence-electron chi connectivity index (χ4n) is 1.90. The second-order valence-electron chi connectivity index (χ2n) is 3.59. The molecule has 1 unspecified atom stereocenters. The van der Waals surface area contributed by atoms with Crippen LogP contribution < -0.4 is 5.32 Å². The molecule has 0 bridgehead atoms. The molecule has 13 heavy (non-hydrogen) atoms. The van der Waals surface area contributed by atoms with E-state index in [0.717, 1.165) is 26.1 Å². The van der Waals surface area contributed by atoms with Crippen molar-refractivity contribution >= 4 is 0 Å². The zero-order valence-corrected chi connectivity index (χ0v) is 8.42. The van der Waals surface area contributed by atoms with Crippen LogP contribution in [0, 0.1) is 11.3 Å². The predicted molar refractivity (Wildman–Crippen MR) is 53.4 cm³/mol. The lowest BCUT2D eigenvalue weighted by Crippen LogP contribution is -2.51. The molecule has 1 aliphatic rings. The summed E-state index contributed by atoms with van der Waals surface area (Å²) in [6, 6.07) is 2.81. The van der Waals surface area contributed by atoms with Gasteiger partial charge < -0.3 is 5.32 Å². The highest BCUT2D eigenvalue weighted by atomic mass is 15.2. The second-order valence-corrected chi connectivity index (χ2v) is 3.59. The SMILES string of the molecule is CCCN1CCNCC1CCC#N. The van der Waals surface area contributed by atoms with Crippen LogP contribution in [0.15, 0.2) is 0 Å². The Morgan fingerprint density at radius 2 is 2.46 bits per heavy atom. The van der Waals surface area contributed by atoms with E-state index < -0.39 is 0 Å². The molecule has 74 valence electrons. The molecule has 0 saturated carbocycles. The van der Waals surface area contributed by atoms with Gasteiger partial charge in [-0.2, -0.15) is 5.26 Å². The highest BCUT2D eigenvalue weighted by molar-refractivity contribution is 4.83. The lowest BCUT2D eigenvalue weighted by atomic mass is 10.1. The van der Waals surface area contributed by atoms with Gasteiger partial charge >= 0.3 is 0 Å². The topological polar surface area (TPSA) is 39.1 Å². The zero-order valence-electron chi connectivity index (χ0n) is 8.42. The van der Waals surface area contributed by atoms with Crippen molar-refractivity contribution in [2.75, 3.05) is 26.2 Å². The Hall–Kier alpha value is -0.590. The summed E-state index contributed by atoms with van der Waals surface area (Å²) in [5, 5.41) is 11.9. The van der Waals surface area contributed by atoms with Gasteiger partial charge in [-0.3, -0.25) is 4.90 Å². The van der Waals surface area contributed by atoms with Crippen molar-refractivity contribution in [3.8, 4) is 6.07 Å². The lowest BCUT2D eigenvalue weighted by Gasteiger charge is -2.35. The van der Waals surface area contributed by atoms with Gasteiger partial charge in [-0.25, -0.2) is 0 Å². The highest BCUT2D eigenvalue weighted by Crippen LogP contribution is 2.09. The number of nitrogens with zero attached hydrogens (tertiary/aromatic N) is 2. The minimum Gasteiger partial charge on any atom is -0.314 e. The van der Waals surface area contributed by atoms with Gasteiger partial charge in [0, 0.05) is 32.1 Å². The van der Waals surface area contributed by atoms with Crippen LogP contribution in [0.3, 0.4) is 0 Å². The summed E-state index contributed by atoms with van der Waals surface area (Å²) in [4.78, 5) is 2.51. The van der Waals surface area contributed by atoms with Crippen LogP contribution >= 0.6 is 0 Å². The molecular weight excluding hydrogens is 162 g/mol. The number of nitrogens with one attached hydrogen (secondary N) is 1. The molecule has 0 amide bonds. The Morgan fingerprint density at radius 1 is 1.62 bits per heavy atom. The Morgan fingerprint density at radius 3 is 3.15 bits per heavy atom. The molecule has 0 radical (unpaired) electrons. The zero-order chi connectivity index (χ0) is 9.52. The van der Waals surface area contributed by atoms with Gasteiger partial charge in [0.05, 0.1) is 6.07 Å².